The van der Waals surface area contributed by atoms with Gasteiger partial charge in [-0.3, -0.25) is 9.59 Å². The van der Waals surface area contributed by atoms with Gasteiger partial charge in [0.1, 0.15) is 11.5 Å². The molecule has 0 aliphatic heterocycles. The van der Waals surface area contributed by atoms with Crippen LogP contribution in [0, 0.1) is 13.8 Å². The van der Waals surface area contributed by atoms with Crippen LogP contribution >= 0.6 is 7.92 Å². The lowest BCUT2D eigenvalue weighted by Gasteiger charge is -2.19. The topological polar surface area (TPSA) is 52.6 Å². The Bertz CT molecular complexity index is 1020. The van der Waals surface area contributed by atoms with E-state index < -0.39 is 7.92 Å². The number of rotatable bonds is 7. The molecule has 0 spiro atoms. The van der Waals surface area contributed by atoms with Gasteiger partial charge in [0, 0.05) is 11.6 Å². The Hall–Kier alpha value is -2.97. The molecule has 3 aromatic carbocycles. The minimum atomic E-state index is -1.80. The zero-order valence-electron chi connectivity index (χ0n) is 16.9. The third kappa shape index (κ3) is 4.23. The molecule has 0 fully saturated rings. The summed E-state index contributed by atoms with van der Waals surface area (Å²) in [7, 11) is 1.26. The van der Waals surface area contributed by atoms with E-state index in [-0.39, 0.29) is 11.0 Å². The summed E-state index contributed by atoms with van der Waals surface area (Å²) >= 11 is 0. The van der Waals surface area contributed by atoms with Crippen molar-refractivity contribution in [3.05, 3.63) is 89.0 Å². The number of benzene rings is 3. The monoisotopic (exact) mass is 406 g/mol. The highest BCUT2D eigenvalue weighted by atomic mass is 31.1. The van der Waals surface area contributed by atoms with Crippen molar-refractivity contribution in [1.29, 1.82) is 0 Å². The number of carbonyl (C=O) groups excluding carboxylic acids is 2. The fourth-order valence-corrected chi connectivity index (χ4v) is 5.39. The maximum Gasteiger partial charge on any atom is 0.200 e. The quantitative estimate of drug-likeness (QED) is 0.512. The highest BCUT2D eigenvalue weighted by molar-refractivity contribution is 7.96. The minimum absolute atomic E-state index is 0.148. The third-order valence-corrected chi connectivity index (χ3v) is 6.85. The average Bonchev–Trinajstić information content (AvgIpc) is 2.74. The van der Waals surface area contributed by atoms with Crippen LogP contribution in [-0.4, -0.2) is 25.3 Å². The number of hydrogen-bond donors (Lipinski definition) is 0. The number of aryl methyl sites for hydroxylation is 2. The molecule has 0 aliphatic carbocycles. The summed E-state index contributed by atoms with van der Waals surface area (Å²) in [6.45, 7) is 3.80. The molecule has 3 aromatic rings. The highest BCUT2D eigenvalue weighted by Crippen LogP contribution is 2.45. The lowest BCUT2D eigenvalue weighted by Crippen LogP contribution is -2.18. The molecule has 0 amide bonds. The SMILES string of the molecule is COc1ccc(C(=O)P(C(=O)c2c(C)cccc2C)c2ccccc2)c(OC)c1. The molecule has 1 unspecified atom stereocenters. The van der Waals surface area contributed by atoms with Gasteiger partial charge in [0.2, 0.25) is 0 Å². The molecule has 3 rings (SSSR count). The first-order valence-electron chi connectivity index (χ1n) is 9.20. The summed E-state index contributed by atoms with van der Waals surface area (Å²) in [6.07, 6.45) is 0. The number of hydrogen-bond acceptors (Lipinski definition) is 4. The predicted molar refractivity (Wildman–Crippen MR) is 117 cm³/mol. The van der Waals surface area contributed by atoms with Crippen LogP contribution in [0.3, 0.4) is 0 Å². The fraction of sp³-hybridized carbons (Fsp3) is 0.167. The van der Waals surface area contributed by atoms with Crippen LogP contribution < -0.4 is 14.8 Å². The van der Waals surface area contributed by atoms with Gasteiger partial charge in [-0.05, 0) is 42.4 Å². The molecular weight excluding hydrogens is 383 g/mol. The van der Waals surface area contributed by atoms with Crippen LogP contribution in [0.15, 0.2) is 66.7 Å². The molecule has 5 heteroatoms. The summed E-state index contributed by atoms with van der Waals surface area (Å²) in [6, 6.07) is 20.0. The fourth-order valence-electron chi connectivity index (χ4n) is 3.26. The van der Waals surface area contributed by atoms with Crippen molar-refractivity contribution in [1.82, 2.24) is 0 Å². The second-order valence-electron chi connectivity index (χ2n) is 6.61. The van der Waals surface area contributed by atoms with E-state index in [0.717, 1.165) is 16.4 Å². The number of ether oxygens (including phenoxy) is 2. The van der Waals surface area contributed by atoms with Gasteiger partial charge in [0.25, 0.3) is 0 Å². The van der Waals surface area contributed by atoms with Crippen molar-refractivity contribution in [3.63, 3.8) is 0 Å². The van der Waals surface area contributed by atoms with Gasteiger partial charge in [-0.2, -0.15) is 0 Å². The summed E-state index contributed by atoms with van der Waals surface area (Å²) in [5, 5.41) is 0.720. The van der Waals surface area contributed by atoms with Gasteiger partial charge >= 0.3 is 0 Å². The second-order valence-corrected chi connectivity index (χ2v) is 8.61. The van der Waals surface area contributed by atoms with Gasteiger partial charge in [0.05, 0.1) is 27.7 Å². The van der Waals surface area contributed by atoms with Gasteiger partial charge in [-0.25, -0.2) is 0 Å². The van der Waals surface area contributed by atoms with Crippen LogP contribution in [0.5, 0.6) is 11.5 Å². The average molecular weight is 406 g/mol. The second kappa shape index (κ2) is 9.02. The zero-order valence-corrected chi connectivity index (χ0v) is 17.8. The molecule has 1 atom stereocenters. The van der Waals surface area contributed by atoms with E-state index in [2.05, 4.69) is 0 Å². The van der Waals surface area contributed by atoms with Gasteiger partial charge < -0.3 is 9.47 Å². The Labute approximate surface area is 172 Å². The summed E-state index contributed by atoms with van der Waals surface area (Å²) < 4.78 is 10.7. The summed E-state index contributed by atoms with van der Waals surface area (Å²) in [5.41, 5.74) is 2.34. The maximum absolute atomic E-state index is 13.7. The Morgan fingerprint density at radius 1 is 0.759 bits per heavy atom. The highest BCUT2D eigenvalue weighted by Gasteiger charge is 2.33. The first kappa shape index (κ1) is 20.8. The smallest absolute Gasteiger partial charge is 0.200 e. The predicted octanol–water partition coefficient (Wildman–Crippen LogP) is 5.11. The zero-order chi connectivity index (χ0) is 21.0. The van der Waals surface area contributed by atoms with Crippen LogP contribution in [-0.2, 0) is 0 Å². The standard InChI is InChI=1S/C24H23O4P/c1-16-9-8-10-17(2)22(16)24(26)29(19-11-6-5-7-12-19)23(25)20-14-13-18(27-3)15-21(20)28-4/h5-15H,1-4H3. The molecular formula is C24H23O4P. The largest absolute Gasteiger partial charge is 0.497 e. The molecule has 0 heterocycles. The molecule has 0 saturated heterocycles. The van der Waals surface area contributed by atoms with Crippen LogP contribution in [0.25, 0.3) is 0 Å². The van der Waals surface area contributed by atoms with E-state index in [1.54, 1.807) is 25.3 Å². The van der Waals surface area contributed by atoms with Crippen molar-refractivity contribution in [3.8, 4) is 11.5 Å². The van der Waals surface area contributed by atoms with Crippen molar-refractivity contribution < 1.29 is 19.1 Å². The Morgan fingerprint density at radius 2 is 1.41 bits per heavy atom. The molecule has 0 aliphatic rings. The molecule has 0 aromatic heterocycles. The molecule has 29 heavy (non-hydrogen) atoms. The molecule has 0 N–H and O–H groups in total. The van der Waals surface area contributed by atoms with Gasteiger partial charge in [0.15, 0.2) is 11.0 Å². The molecule has 4 nitrogen and oxygen atoms in total. The Morgan fingerprint density at radius 3 is 2.00 bits per heavy atom. The Balaban J connectivity index is 2.15. The molecule has 0 saturated carbocycles. The summed E-state index contributed by atoms with van der Waals surface area (Å²) in [5.74, 6) is 0.982. The lowest BCUT2D eigenvalue weighted by atomic mass is 10.0. The first-order chi connectivity index (χ1) is 14.0. The van der Waals surface area contributed by atoms with Crippen molar-refractivity contribution in [2.45, 2.75) is 13.8 Å². The lowest BCUT2D eigenvalue weighted by molar-refractivity contribution is 0.105. The van der Waals surface area contributed by atoms with E-state index in [4.69, 9.17) is 9.47 Å². The molecule has 148 valence electrons. The third-order valence-electron chi connectivity index (χ3n) is 4.75. The van der Waals surface area contributed by atoms with E-state index in [1.165, 1.54) is 7.11 Å². The van der Waals surface area contributed by atoms with Crippen LogP contribution in [0.2, 0.25) is 0 Å². The van der Waals surface area contributed by atoms with E-state index in [0.29, 0.717) is 22.6 Å². The van der Waals surface area contributed by atoms with Crippen LogP contribution in [0.4, 0.5) is 0 Å². The van der Waals surface area contributed by atoms with Crippen molar-refractivity contribution in [2.75, 3.05) is 14.2 Å². The van der Waals surface area contributed by atoms with Crippen molar-refractivity contribution >= 4 is 24.3 Å². The Kier molecular flexibility index (Phi) is 6.46. The van der Waals surface area contributed by atoms with E-state index in [9.17, 15) is 9.59 Å². The normalized spacial score (nSPS) is 11.6. The van der Waals surface area contributed by atoms with E-state index in [1.807, 2.05) is 62.4 Å². The van der Waals surface area contributed by atoms with Crippen molar-refractivity contribution in [2.24, 2.45) is 0 Å². The van der Waals surface area contributed by atoms with E-state index >= 15 is 0 Å². The van der Waals surface area contributed by atoms with Gasteiger partial charge in [-0.15, -0.1) is 0 Å². The molecule has 0 radical (unpaired) electrons. The van der Waals surface area contributed by atoms with Gasteiger partial charge in [-0.1, -0.05) is 48.5 Å². The summed E-state index contributed by atoms with van der Waals surface area (Å²) in [4.78, 5) is 27.3. The number of methoxy groups -OCH3 is 2. The molecule has 0 bridgehead atoms. The van der Waals surface area contributed by atoms with Crippen LogP contribution in [0.1, 0.15) is 31.8 Å². The number of carbonyl (C=O) groups is 2. The first-order valence-corrected chi connectivity index (χ1v) is 10.5. The maximum atomic E-state index is 13.7. The minimum Gasteiger partial charge on any atom is -0.497 e.